The number of hydrogen-bond donors (Lipinski definition) is 2. The minimum atomic E-state index is -1.26. The highest BCUT2D eigenvalue weighted by molar-refractivity contribution is 9.09. The molecule has 0 aliphatic carbocycles. The topological polar surface area (TPSA) is 107 Å². The number of ether oxygens (including phenoxy) is 1. The molecule has 1 spiro atoms. The number of rotatable bonds is 11. The molecule has 3 unspecified atom stereocenters. The summed E-state index contributed by atoms with van der Waals surface area (Å²) in [4.78, 5) is 43.2. The highest BCUT2D eigenvalue weighted by Crippen LogP contribution is 2.60. The minimum Gasteiger partial charge on any atom is -0.481 e. The molecule has 190 valence electrons. The van der Waals surface area contributed by atoms with Gasteiger partial charge in [0.2, 0.25) is 11.8 Å². The molecule has 2 N–H and O–H groups in total. The molecule has 2 amide bonds. The Hall–Kier alpha value is -2.23. The van der Waals surface area contributed by atoms with E-state index in [9.17, 15) is 24.6 Å². The van der Waals surface area contributed by atoms with Gasteiger partial charge in [0.05, 0.1) is 30.6 Å². The van der Waals surface area contributed by atoms with Crippen LogP contribution in [0.15, 0.2) is 43.0 Å². The third kappa shape index (κ3) is 4.32. The van der Waals surface area contributed by atoms with Gasteiger partial charge in [-0.2, -0.15) is 0 Å². The first-order valence-corrected chi connectivity index (χ1v) is 13.1. The summed E-state index contributed by atoms with van der Waals surface area (Å²) in [5.41, 5.74) is -0.348. The van der Waals surface area contributed by atoms with Gasteiger partial charge < -0.3 is 24.7 Å². The van der Waals surface area contributed by atoms with Crippen LogP contribution < -0.4 is 0 Å². The second-order valence-electron chi connectivity index (χ2n) is 9.70. The lowest BCUT2D eigenvalue weighted by molar-refractivity contribution is -0.153. The molecule has 4 rings (SSSR count). The highest BCUT2D eigenvalue weighted by Gasteiger charge is 2.77. The van der Waals surface area contributed by atoms with E-state index >= 15 is 0 Å². The van der Waals surface area contributed by atoms with Crippen LogP contribution in [0.1, 0.15) is 31.7 Å². The molecule has 3 aliphatic rings. The van der Waals surface area contributed by atoms with Gasteiger partial charge in [-0.25, -0.2) is 0 Å². The smallest absolute Gasteiger partial charge is 0.310 e. The number of amides is 2. The van der Waals surface area contributed by atoms with E-state index in [4.69, 9.17) is 4.74 Å². The summed E-state index contributed by atoms with van der Waals surface area (Å²) in [6.07, 6.45) is 3.32. The van der Waals surface area contributed by atoms with Crippen LogP contribution in [0.25, 0.3) is 0 Å². The van der Waals surface area contributed by atoms with Crippen LogP contribution in [0, 0.1) is 11.8 Å². The molecule has 8 nitrogen and oxygen atoms in total. The van der Waals surface area contributed by atoms with Gasteiger partial charge in [0.15, 0.2) is 0 Å². The fourth-order valence-electron chi connectivity index (χ4n) is 6.13. The van der Waals surface area contributed by atoms with Crippen molar-refractivity contribution in [2.24, 2.45) is 11.8 Å². The summed E-state index contributed by atoms with van der Waals surface area (Å²) in [5, 5.41) is 20.4. The Morgan fingerprint density at radius 2 is 2.09 bits per heavy atom. The van der Waals surface area contributed by atoms with Crippen LogP contribution in [0.3, 0.4) is 0 Å². The van der Waals surface area contributed by atoms with Crippen molar-refractivity contribution in [3.63, 3.8) is 0 Å². The average molecular weight is 549 g/mol. The fraction of sp³-hybridized carbons (Fsp3) is 0.577. The van der Waals surface area contributed by atoms with Crippen molar-refractivity contribution in [2.75, 3.05) is 19.7 Å². The van der Waals surface area contributed by atoms with Gasteiger partial charge in [0, 0.05) is 17.9 Å². The van der Waals surface area contributed by atoms with E-state index < -0.39 is 47.5 Å². The zero-order valence-corrected chi connectivity index (χ0v) is 21.5. The fourth-order valence-corrected chi connectivity index (χ4v) is 7.07. The number of carbonyl (C=O) groups excluding carboxylic acids is 2. The maximum absolute atomic E-state index is 14.1. The number of alkyl halides is 1. The third-order valence-corrected chi connectivity index (χ3v) is 8.45. The van der Waals surface area contributed by atoms with Crippen LogP contribution in [0.5, 0.6) is 0 Å². The van der Waals surface area contributed by atoms with E-state index in [1.54, 1.807) is 11.0 Å². The number of fused-ring (bicyclic) bond motifs is 1. The molecule has 1 aromatic carbocycles. The van der Waals surface area contributed by atoms with Gasteiger partial charge in [0.1, 0.15) is 11.6 Å². The molecular formula is C26H33BrN2O6. The van der Waals surface area contributed by atoms with Gasteiger partial charge in [-0.05, 0) is 24.8 Å². The number of nitrogens with zero attached hydrogens (tertiary/aromatic N) is 2. The Labute approximate surface area is 214 Å². The first-order chi connectivity index (χ1) is 16.8. The van der Waals surface area contributed by atoms with E-state index in [2.05, 4.69) is 22.5 Å². The number of aliphatic hydroxyl groups is 1. The number of carboxylic acids is 1. The standard InChI is InChI=1S/C26H33BrN2O6/c1-3-5-12-28(11-4-2)24(32)22-26-14-18(27)21(35-26)19(25(33)34)20(26)23(31)29(22)17(15-30)13-16-9-7-6-8-10-16/h4,6-10,17-22,30H,2-3,5,11-15H2,1H3,(H,33,34)/t17-,18?,19-,20+,21-,22?,26?/m1/s1. The summed E-state index contributed by atoms with van der Waals surface area (Å²) in [6, 6.07) is 7.73. The van der Waals surface area contributed by atoms with Gasteiger partial charge in [-0.15, -0.1) is 6.58 Å². The third-order valence-electron chi connectivity index (χ3n) is 7.61. The Morgan fingerprint density at radius 1 is 1.37 bits per heavy atom. The summed E-state index contributed by atoms with van der Waals surface area (Å²) < 4.78 is 6.34. The normalized spacial score (nSPS) is 31.9. The minimum absolute atomic E-state index is 0.284. The zero-order valence-electron chi connectivity index (χ0n) is 19.9. The molecule has 35 heavy (non-hydrogen) atoms. The molecule has 9 heteroatoms. The lowest BCUT2D eigenvalue weighted by atomic mass is 9.70. The number of aliphatic hydroxyl groups excluding tert-OH is 1. The second-order valence-corrected chi connectivity index (χ2v) is 10.9. The van der Waals surface area contributed by atoms with E-state index in [0.717, 1.165) is 18.4 Å². The van der Waals surface area contributed by atoms with E-state index in [1.807, 2.05) is 37.3 Å². The second kappa shape index (κ2) is 10.4. The molecule has 2 bridgehead atoms. The van der Waals surface area contributed by atoms with Crippen molar-refractivity contribution >= 4 is 33.7 Å². The van der Waals surface area contributed by atoms with Gasteiger partial charge in [0.25, 0.3) is 0 Å². The number of carboxylic acid groups (broad SMARTS) is 1. The number of benzene rings is 1. The van der Waals surface area contributed by atoms with Gasteiger partial charge >= 0.3 is 5.97 Å². The molecule has 0 radical (unpaired) electrons. The molecular weight excluding hydrogens is 516 g/mol. The van der Waals surface area contributed by atoms with Crippen LogP contribution >= 0.6 is 15.9 Å². The van der Waals surface area contributed by atoms with Crippen molar-refractivity contribution in [1.82, 2.24) is 9.80 Å². The molecule has 7 atom stereocenters. The predicted molar refractivity (Wildman–Crippen MR) is 133 cm³/mol. The number of hydrogen-bond acceptors (Lipinski definition) is 5. The molecule has 3 heterocycles. The van der Waals surface area contributed by atoms with Crippen molar-refractivity contribution in [1.29, 1.82) is 0 Å². The maximum Gasteiger partial charge on any atom is 0.310 e. The van der Waals surface area contributed by atoms with Crippen molar-refractivity contribution in [2.45, 2.75) is 61.2 Å². The van der Waals surface area contributed by atoms with Gasteiger partial charge in [-0.1, -0.05) is 65.7 Å². The Bertz CT molecular complexity index is 974. The maximum atomic E-state index is 14.1. The Balaban J connectivity index is 1.79. The number of aliphatic carboxylic acids is 1. The summed E-state index contributed by atoms with van der Waals surface area (Å²) in [7, 11) is 0. The van der Waals surface area contributed by atoms with Crippen LogP contribution in [-0.4, -0.2) is 86.1 Å². The van der Waals surface area contributed by atoms with Crippen LogP contribution in [0.2, 0.25) is 0 Å². The molecule has 3 fully saturated rings. The molecule has 3 aliphatic heterocycles. The average Bonchev–Trinajstić information content (AvgIpc) is 3.44. The molecule has 0 aromatic heterocycles. The Morgan fingerprint density at radius 3 is 2.69 bits per heavy atom. The summed E-state index contributed by atoms with van der Waals surface area (Å²) >= 11 is 3.56. The number of halogens is 1. The molecule has 0 saturated carbocycles. The van der Waals surface area contributed by atoms with Gasteiger partial charge in [-0.3, -0.25) is 14.4 Å². The predicted octanol–water partition coefficient (Wildman–Crippen LogP) is 2.24. The first kappa shape index (κ1) is 25.9. The lowest BCUT2D eigenvalue weighted by Crippen LogP contribution is -2.59. The summed E-state index contributed by atoms with van der Waals surface area (Å²) in [6.45, 7) is 6.27. The quantitative estimate of drug-likeness (QED) is 0.324. The van der Waals surface area contributed by atoms with E-state index in [-0.39, 0.29) is 17.3 Å². The summed E-state index contributed by atoms with van der Waals surface area (Å²) in [5.74, 6) is -3.85. The zero-order chi connectivity index (χ0) is 25.3. The van der Waals surface area contributed by atoms with Crippen molar-refractivity contribution < 1.29 is 29.3 Å². The van der Waals surface area contributed by atoms with Crippen LogP contribution in [-0.2, 0) is 25.5 Å². The van der Waals surface area contributed by atoms with E-state index in [1.165, 1.54) is 4.90 Å². The highest BCUT2D eigenvalue weighted by atomic mass is 79.9. The lowest BCUT2D eigenvalue weighted by Gasteiger charge is -2.39. The van der Waals surface area contributed by atoms with E-state index in [0.29, 0.717) is 25.9 Å². The monoisotopic (exact) mass is 548 g/mol. The largest absolute Gasteiger partial charge is 0.481 e. The number of carbonyl (C=O) groups is 3. The first-order valence-electron chi connectivity index (χ1n) is 12.2. The SMILES string of the molecule is C=CCN(CCCC)C(=O)C1N([C@@H](CO)Cc2ccccc2)C(=O)[C@@H]2[C@@H](C(=O)O)[C@@H]3OC12CC3Br. The number of unbranched alkanes of at least 4 members (excludes halogenated alkanes) is 1. The number of likely N-dealkylation sites (tertiary alicyclic amines) is 1. The molecule has 1 aromatic rings. The van der Waals surface area contributed by atoms with Crippen molar-refractivity contribution in [3.8, 4) is 0 Å². The van der Waals surface area contributed by atoms with Crippen LogP contribution in [0.4, 0.5) is 0 Å². The van der Waals surface area contributed by atoms with Crippen molar-refractivity contribution in [3.05, 3.63) is 48.6 Å². The Kier molecular flexibility index (Phi) is 7.68. The molecule has 3 saturated heterocycles.